The molecule has 1 heterocycles. The van der Waals surface area contributed by atoms with E-state index in [-0.39, 0.29) is 0 Å². The van der Waals surface area contributed by atoms with Gasteiger partial charge in [-0.2, -0.15) is 8.42 Å². The Morgan fingerprint density at radius 2 is 0.617 bits per heavy atom. The molecule has 1 unspecified atom stereocenters. The summed E-state index contributed by atoms with van der Waals surface area (Å²) in [5.41, 5.74) is -1.25. The number of hydrogen-bond donors (Lipinski definition) is 1. The van der Waals surface area contributed by atoms with Gasteiger partial charge in [0.15, 0.2) is 0 Å². The Labute approximate surface area is 294 Å². The van der Waals surface area contributed by atoms with Gasteiger partial charge in [0.2, 0.25) is 5.79 Å². The first-order chi connectivity index (χ1) is 22.8. The lowest BCUT2D eigenvalue weighted by Gasteiger charge is -2.49. The fraction of sp³-hybridized carbons (Fsp3) is 1.00. The summed E-state index contributed by atoms with van der Waals surface area (Å²) in [7, 11) is -3.97. The second-order valence-electron chi connectivity index (χ2n) is 15.2. The van der Waals surface area contributed by atoms with Crippen LogP contribution in [0.15, 0.2) is 0 Å². The van der Waals surface area contributed by atoms with Crippen LogP contribution in [-0.2, 0) is 18.8 Å². The second kappa shape index (κ2) is 29.5. The van der Waals surface area contributed by atoms with Crippen molar-refractivity contribution in [1.29, 1.82) is 0 Å². The average Bonchev–Trinajstić information content (AvgIpc) is 3.04. The Hall–Kier alpha value is -0.170. The zero-order chi connectivity index (χ0) is 34.4. The molecule has 1 saturated heterocycles. The van der Waals surface area contributed by atoms with Gasteiger partial charge in [-0.05, 0) is 12.8 Å². The first-order valence-electron chi connectivity index (χ1n) is 21.2. The van der Waals surface area contributed by atoms with E-state index < -0.39 is 21.8 Å². The van der Waals surface area contributed by atoms with Gasteiger partial charge in [-0.25, -0.2) is 8.37 Å². The molecule has 1 rings (SSSR count). The van der Waals surface area contributed by atoms with Crippen molar-refractivity contribution in [3.63, 3.8) is 0 Å². The number of aliphatic hydroxyl groups is 1. The summed E-state index contributed by atoms with van der Waals surface area (Å²) in [5.74, 6) is -1.41. The van der Waals surface area contributed by atoms with Crippen molar-refractivity contribution < 1.29 is 21.9 Å². The largest absolute Gasteiger partial charge is 0.405 e. The fourth-order valence-electron chi connectivity index (χ4n) is 7.55. The molecular formula is C41H82O5S. The van der Waals surface area contributed by atoms with Crippen LogP contribution in [0.3, 0.4) is 0 Å². The van der Waals surface area contributed by atoms with Crippen LogP contribution in [0.2, 0.25) is 0 Å². The van der Waals surface area contributed by atoms with E-state index in [0.717, 1.165) is 25.7 Å². The number of rotatable bonds is 37. The SMILES string of the molecule is CCCCCCCCCCCCCCCCCCCC(O)(CCCCCCCCCCCCCCCCCC)C1(CC)OS(=O)(=O)O1. The van der Waals surface area contributed by atoms with E-state index in [0.29, 0.717) is 19.3 Å². The summed E-state index contributed by atoms with van der Waals surface area (Å²) in [4.78, 5) is 0. The van der Waals surface area contributed by atoms with Crippen LogP contribution >= 0.6 is 0 Å². The van der Waals surface area contributed by atoms with E-state index >= 15 is 0 Å². The van der Waals surface area contributed by atoms with Crippen molar-refractivity contribution in [2.75, 3.05) is 0 Å². The van der Waals surface area contributed by atoms with E-state index in [9.17, 15) is 13.5 Å². The molecule has 5 nitrogen and oxygen atoms in total. The Bertz CT molecular complexity index is 773. The van der Waals surface area contributed by atoms with Crippen molar-refractivity contribution in [3.05, 3.63) is 0 Å². The van der Waals surface area contributed by atoms with E-state index in [1.165, 1.54) is 186 Å². The summed E-state index contributed by atoms with van der Waals surface area (Å²) in [6, 6.07) is 0. The molecule has 0 aromatic heterocycles. The minimum absolute atomic E-state index is 0.334. The van der Waals surface area contributed by atoms with Gasteiger partial charge < -0.3 is 5.11 Å². The van der Waals surface area contributed by atoms with Crippen LogP contribution in [0.25, 0.3) is 0 Å². The predicted octanol–water partition coefficient (Wildman–Crippen LogP) is 13.8. The first kappa shape index (κ1) is 44.9. The fourth-order valence-corrected chi connectivity index (χ4v) is 8.77. The highest BCUT2D eigenvalue weighted by Gasteiger charge is 2.63. The minimum Gasteiger partial charge on any atom is -0.384 e. The van der Waals surface area contributed by atoms with Crippen molar-refractivity contribution >= 4 is 10.4 Å². The Morgan fingerprint density at radius 1 is 0.404 bits per heavy atom. The standard InChI is InChI=1S/C41H82O5S/c1-4-7-9-11-13-15-17-19-21-23-25-27-29-31-33-35-37-39-40(42,41(6-3)45-47(43,44)46-41)38-36-34-32-30-28-26-24-22-20-18-16-14-12-10-8-5-2/h42H,4-39H2,1-3H3. The topological polar surface area (TPSA) is 72.8 Å². The van der Waals surface area contributed by atoms with Crippen molar-refractivity contribution in [2.24, 2.45) is 0 Å². The van der Waals surface area contributed by atoms with E-state index in [4.69, 9.17) is 8.37 Å². The highest BCUT2D eigenvalue weighted by Crippen LogP contribution is 2.47. The summed E-state index contributed by atoms with van der Waals surface area (Å²) >= 11 is 0. The van der Waals surface area contributed by atoms with Gasteiger partial charge in [-0.15, -0.1) is 0 Å². The Morgan fingerprint density at radius 3 is 0.809 bits per heavy atom. The third kappa shape index (κ3) is 22.3. The predicted molar refractivity (Wildman–Crippen MR) is 202 cm³/mol. The molecule has 1 aliphatic rings. The summed E-state index contributed by atoms with van der Waals surface area (Å²) in [6.07, 6.45) is 44.7. The van der Waals surface area contributed by atoms with Crippen molar-refractivity contribution in [1.82, 2.24) is 0 Å². The van der Waals surface area contributed by atoms with E-state index in [2.05, 4.69) is 13.8 Å². The number of hydrogen-bond acceptors (Lipinski definition) is 5. The maximum atomic E-state index is 11.8. The zero-order valence-corrected chi connectivity index (χ0v) is 32.8. The molecule has 0 aliphatic carbocycles. The molecule has 6 heteroatoms. The van der Waals surface area contributed by atoms with Crippen LogP contribution in [0.5, 0.6) is 0 Å². The Kier molecular flexibility index (Phi) is 28.2. The molecule has 1 N–H and O–H groups in total. The second-order valence-corrected chi connectivity index (χ2v) is 16.3. The monoisotopic (exact) mass is 687 g/mol. The molecule has 1 atom stereocenters. The van der Waals surface area contributed by atoms with Gasteiger partial charge in [0, 0.05) is 6.42 Å². The normalized spacial score (nSPS) is 16.7. The maximum Gasteiger partial charge on any atom is 0.405 e. The molecule has 0 saturated carbocycles. The quantitative estimate of drug-likeness (QED) is 0.0659. The molecule has 0 aromatic carbocycles. The summed E-state index contributed by atoms with van der Waals surface area (Å²) < 4.78 is 34.2. The van der Waals surface area contributed by atoms with Gasteiger partial charge >= 0.3 is 10.4 Å². The van der Waals surface area contributed by atoms with Gasteiger partial charge in [0.1, 0.15) is 5.60 Å². The smallest absolute Gasteiger partial charge is 0.384 e. The maximum absolute atomic E-state index is 11.8. The lowest BCUT2D eigenvalue weighted by molar-refractivity contribution is -0.295. The van der Waals surface area contributed by atoms with Gasteiger partial charge in [-0.1, -0.05) is 233 Å². The summed E-state index contributed by atoms with van der Waals surface area (Å²) in [6.45, 7) is 6.41. The minimum atomic E-state index is -3.97. The highest BCUT2D eigenvalue weighted by molar-refractivity contribution is 7.82. The molecule has 1 fully saturated rings. The molecule has 1 aliphatic heterocycles. The van der Waals surface area contributed by atoms with Crippen LogP contribution in [0, 0.1) is 0 Å². The summed E-state index contributed by atoms with van der Waals surface area (Å²) in [5, 5.41) is 11.7. The Balaban J connectivity index is 2.12. The highest BCUT2D eigenvalue weighted by atomic mass is 32.3. The van der Waals surface area contributed by atoms with Crippen molar-refractivity contribution in [2.45, 2.75) is 263 Å². The van der Waals surface area contributed by atoms with Crippen LogP contribution in [0.1, 0.15) is 252 Å². The van der Waals surface area contributed by atoms with Crippen LogP contribution in [-0.4, -0.2) is 24.9 Å². The lowest BCUT2D eigenvalue weighted by Crippen LogP contribution is -2.65. The molecule has 282 valence electrons. The third-order valence-corrected chi connectivity index (χ3v) is 11.7. The molecule has 0 aromatic rings. The van der Waals surface area contributed by atoms with Crippen LogP contribution < -0.4 is 0 Å². The van der Waals surface area contributed by atoms with Crippen molar-refractivity contribution in [3.8, 4) is 0 Å². The molecule has 0 spiro atoms. The average molecular weight is 687 g/mol. The van der Waals surface area contributed by atoms with Gasteiger partial charge in [0.05, 0.1) is 0 Å². The third-order valence-electron chi connectivity index (χ3n) is 10.8. The lowest BCUT2D eigenvalue weighted by atomic mass is 9.81. The van der Waals surface area contributed by atoms with Gasteiger partial charge in [-0.3, -0.25) is 0 Å². The van der Waals surface area contributed by atoms with Gasteiger partial charge in [0.25, 0.3) is 0 Å². The first-order valence-corrected chi connectivity index (χ1v) is 22.6. The van der Waals surface area contributed by atoms with E-state index in [1.807, 2.05) is 6.92 Å². The molecule has 0 amide bonds. The molecule has 47 heavy (non-hydrogen) atoms. The zero-order valence-electron chi connectivity index (χ0n) is 31.9. The molecule has 0 radical (unpaired) electrons. The molecule has 0 bridgehead atoms. The molecular weight excluding hydrogens is 605 g/mol. The van der Waals surface area contributed by atoms with E-state index in [1.54, 1.807) is 0 Å². The van der Waals surface area contributed by atoms with Crippen LogP contribution in [0.4, 0.5) is 0 Å². The number of unbranched alkanes of at least 4 members (excludes halogenated alkanes) is 31.